The molecule has 0 amide bonds. The van der Waals surface area contributed by atoms with Crippen LogP contribution in [0, 0.1) is 5.92 Å². The van der Waals surface area contributed by atoms with E-state index in [0.717, 1.165) is 24.1 Å². The van der Waals surface area contributed by atoms with Crippen molar-refractivity contribution >= 4 is 0 Å². The van der Waals surface area contributed by atoms with Crippen LogP contribution in [0.1, 0.15) is 63.1 Å². The number of aromatic nitrogens is 3. The first-order valence-corrected chi connectivity index (χ1v) is 7.95. The molecule has 0 aromatic carbocycles. The smallest absolute Gasteiger partial charge is 0.176 e. The van der Waals surface area contributed by atoms with E-state index in [2.05, 4.69) is 27.0 Å². The Morgan fingerprint density at radius 3 is 3.00 bits per heavy atom. The van der Waals surface area contributed by atoms with E-state index < -0.39 is 0 Å². The van der Waals surface area contributed by atoms with Gasteiger partial charge in [0.05, 0.1) is 6.04 Å². The number of nitrogens with one attached hydrogen (secondary N) is 1. The molecule has 0 radical (unpaired) electrons. The van der Waals surface area contributed by atoms with Crippen molar-refractivity contribution in [2.24, 2.45) is 5.92 Å². The Bertz CT molecular complexity index is 445. The fourth-order valence-electron chi connectivity index (χ4n) is 3.62. The molecule has 0 bridgehead atoms. The lowest BCUT2D eigenvalue weighted by atomic mass is 9.86. The van der Waals surface area contributed by atoms with E-state index in [-0.39, 0.29) is 0 Å². The van der Waals surface area contributed by atoms with Crippen LogP contribution in [0.3, 0.4) is 0 Å². The summed E-state index contributed by atoms with van der Waals surface area (Å²) in [5.74, 6) is 2.78. The summed E-state index contributed by atoms with van der Waals surface area (Å²) in [6.07, 6.45) is 7.71. The Kier molecular flexibility index (Phi) is 4.36. The molecule has 5 heteroatoms. The minimum atomic E-state index is 0.372. The molecule has 2 aliphatic rings. The van der Waals surface area contributed by atoms with Gasteiger partial charge in [0, 0.05) is 19.7 Å². The molecule has 5 nitrogen and oxygen atoms in total. The molecule has 0 saturated heterocycles. The molecule has 0 unspecified atom stereocenters. The third-order valence-corrected chi connectivity index (χ3v) is 4.57. The van der Waals surface area contributed by atoms with Gasteiger partial charge >= 0.3 is 0 Å². The van der Waals surface area contributed by atoms with Crippen LogP contribution in [-0.4, -0.2) is 27.9 Å². The second-order valence-electron chi connectivity index (χ2n) is 6.37. The van der Waals surface area contributed by atoms with Gasteiger partial charge in [-0.25, -0.2) is 9.67 Å². The number of methoxy groups -OCH3 is 1. The molecule has 3 atom stereocenters. The summed E-state index contributed by atoms with van der Waals surface area (Å²) < 4.78 is 7.22. The number of aryl methyl sites for hydroxylation is 1. The van der Waals surface area contributed by atoms with Gasteiger partial charge in [-0.3, -0.25) is 0 Å². The van der Waals surface area contributed by atoms with Gasteiger partial charge in [0.2, 0.25) is 0 Å². The molecule has 1 fully saturated rings. The number of hydrogen-bond acceptors (Lipinski definition) is 4. The summed E-state index contributed by atoms with van der Waals surface area (Å²) in [6, 6.07) is 1.02. The van der Waals surface area contributed by atoms with Crippen molar-refractivity contribution in [1.29, 1.82) is 0 Å². The molecule has 20 heavy (non-hydrogen) atoms. The highest BCUT2D eigenvalue weighted by atomic mass is 16.5. The maximum absolute atomic E-state index is 5.15. The average molecular weight is 278 g/mol. The number of fused-ring (bicyclic) bond motifs is 1. The number of hydrogen-bond donors (Lipinski definition) is 1. The third-order valence-electron chi connectivity index (χ3n) is 4.57. The van der Waals surface area contributed by atoms with Crippen molar-refractivity contribution in [3.63, 3.8) is 0 Å². The molecule has 3 rings (SSSR count). The van der Waals surface area contributed by atoms with E-state index in [4.69, 9.17) is 4.74 Å². The predicted octanol–water partition coefficient (Wildman–Crippen LogP) is 2.43. The standard InChI is InChI=1S/C15H26N4O/c1-11-5-3-6-12(9-11)16-13-7-4-8-19-15(13)17-14(18-19)10-20-2/h11-13,16H,3-10H2,1-2H3/t11-,12-,13-/m0/s1. The van der Waals surface area contributed by atoms with Crippen LogP contribution in [0.15, 0.2) is 0 Å². The monoisotopic (exact) mass is 278 g/mol. The molecule has 1 aromatic heterocycles. The largest absolute Gasteiger partial charge is 0.377 e. The Balaban J connectivity index is 1.69. The fraction of sp³-hybridized carbons (Fsp3) is 0.867. The first-order valence-electron chi connectivity index (χ1n) is 7.95. The highest BCUT2D eigenvalue weighted by molar-refractivity contribution is 5.02. The van der Waals surface area contributed by atoms with Gasteiger partial charge in [0.15, 0.2) is 5.82 Å². The average Bonchev–Trinajstić information content (AvgIpc) is 2.83. The summed E-state index contributed by atoms with van der Waals surface area (Å²) >= 11 is 0. The van der Waals surface area contributed by atoms with Crippen LogP contribution in [0.5, 0.6) is 0 Å². The van der Waals surface area contributed by atoms with Crippen LogP contribution < -0.4 is 5.32 Å². The molecule has 1 aliphatic heterocycles. The zero-order chi connectivity index (χ0) is 13.9. The molecule has 0 spiro atoms. The van der Waals surface area contributed by atoms with Gasteiger partial charge in [-0.2, -0.15) is 5.10 Å². The zero-order valence-electron chi connectivity index (χ0n) is 12.6. The first kappa shape index (κ1) is 14.0. The minimum absolute atomic E-state index is 0.372. The third kappa shape index (κ3) is 3.04. The van der Waals surface area contributed by atoms with E-state index in [1.165, 1.54) is 38.5 Å². The Morgan fingerprint density at radius 1 is 1.30 bits per heavy atom. The lowest BCUT2D eigenvalue weighted by molar-refractivity contribution is 0.177. The molecule has 1 saturated carbocycles. The summed E-state index contributed by atoms with van der Waals surface area (Å²) in [5, 5.41) is 8.38. The fourth-order valence-corrected chi connectivity index (χ4v) is 3.62. The summed E-state index contributed by atoms with van der Waals surface area (Å²) in [7, 11) is 1.69. The van der Waals surface area contributed by atoms with E-state index >= 15 is 0 Å². The maximum atomic E-state index is 5.15. The van der Waals surface area contributed by atoms with Gasteiger partial charge in [0.25, 0.3) is 0 Å². The number of ether oxygens (including phenoxy) is 1. The quantitative estimate of drug-likeness (QED) is 0.919. The summed E-state index contributed by atoms with van der Waals surface area (Å²) in [4.78, 5) is 4.67. The summed E-state index contributed by atoms with van der Waals surface area (Å²) in [6.45, 7) is 3.87. The second-order valence-corrected chi connectivity index (χ2v) is 6.37. The normalized spacial score (nSPS) is 30.2. The van der Waals surface area contributed by atoms with Crippen LogP contribution >= 0.6 is 0 Å². The highest BCUT2D eigenvalue weighted by Crippen LogP contribution is 2.29. The minimum Gasteiger partial charge on any atom is -0.377 e. The molecule has 1 aromatic rings. The van der Waals surface area contributed by atoms with E-state index in [1.54, 1.807) is 7.11 Å². The highest BCUT2D eigenvalue weighted by Gasteiger charge is 2.28. The van der Waals surface area contributed by atoms with Gasteiger partial charge in [-0.1, -0.05) is 19.8 Å². The second kappa shape index (κ2) is 6.22. The predicted molar refractivity (Wildman–Crippen MR) is 77.3 cm³/mol. The van der Waals surface area contributed by atoms with E-state index in [0.29, 0.717) is 18.7 Å². The first-order chi connectivity index (χ1) is 9.76. The van der Waals surface area contributed by atoms with Crippen LogP contribution in [0.4, 0.5) is 0 Å². The van der Waals surface area contributed by atoms with Crippen molar-refractivity contribution in [2.75, 3.05) is 7.11 Å². The molecule has 2 heterocycles. The lowest BCUT2D eigenvalue weighted by Crippen LogP contribution is -2.39. The Hall–Kier alpha value is -0.940. The van der Waals surface area contributed by atoms with Gasteiger partial charge in [-0.05, 0) is 31.6 Å². The molecular weight excluding hydrogens is 252 g/mol. The van der Waals surface area contributed by atoms with Gasteiger partial charge in [0.1, 0.15) is 12.4 Å². The maximum Gasteiger partial charge on any atom is 0.176 e. The SMILES string of the molecule is COCc1nc2n(n1)CCC[C@@H]2N[C@H]1CCC[C@H](C)C1. The number of rotatable bonds is 4. The lowest BCUT2D eigenvalue weighted by Gasteiger charge is -2.32. The van der Waals surface area contributed by atoms with Crippen LogP contribution in [0.2, 0.25) is 0 Å². The number of nitrogens with zero attached hydrogens (tertiary/aromatic N) is 3. The van der Waals surface area contributed by atoms with Crippen LogP contribution in [-0.2, 0) is 17.9 Å². The van der Waals surface area contributed by atoms with Crippen molar-refractivity contribution in [3.05, 3.63) is 11.6 Å². The van der Waals surface area contributed by atoms with Crippen molar-refractivity contribution < 1.29 is 4.74 Å². The molecule has 1 aliphatic carbocycles. The Labute approximate surface area is 121 Å². The van der Waals surface area contributed by atoms with Crippen molar-refractivity contribution in [3.8, 4) is 0 Å². The molecule has 1 N–H and O–H groups in total. The molecular formula is C15H26N4O. The topological polar surface area (TPSA) is 52.0 Å². The van der Waals surface area contributed by atoms with Crippen LogP contribution in [0.25, 0.3) is 0 Å². The zero-order valence-corrected chi connectivity index (χ0v) is 12.6. The van der Waals surface area contributed by atoms with Gasteiger partial charge in [-0.15, -0.1) is 0 Å². The Morgan fingerprint density at radius 2 is 2.20 bits per heavy atom. The van der Waals surface area contributed by atoms with Crippen molar-refractivity contribution in [1.82, 2.24) is 20.1 Å². The molecule has 112 valence electrons. The van der Waals surface area contributed by atoms with E-state index in [9.17, 15) is 0 Å². The van der Waals surface area contributed by atoms with Gasteiger partial charge < -0.3 is 10.1 Å². The summed E-state index contributed by atoms with van der Waals surface area (Å²) in [5.41, 5.74) is 0. The van der Waals surface area contributed by atoms with E-state index in [1.807, 2.05) is 0 Å². The van der Waals surface area contributed by atoms with Crippen molar-refractivity contribution in [2.45, 2.75) is 70.7 Å².